The fraction of sp³-hybridized carbons (Fsp3) is 1.00. The molecule has 0 amide bonds. The number of nitrogens with zero attached hydrogens (tertiary/aromatic N) is 1. The fourth-order valence-corrected chi connectivity index (χ4v) is 4.60. The number of thioether (sulfide) groups is 1. The molecule has 2 nitrogen and oxygen atoms in total. The number of ether oxygens (including phenoxy) is 1. The van der Waals surface area contributed by atoms with Crippen molar-refractivity contribution in [1.29, 1.82) is 0 Å². The van der Waals surface area contributed by atoms with Crippen molar-refractivity contribution in [3.8, 4) is 0 Å². The quantitative estimate of drug-likeness (QED) is 0.327. The van der Waals surface area contributed by atoms with Crippen molar-refractivity contribution in [2.45, 2.75) is 104 Å². The number of rotatable bonds is 15. The average Bonchev–Trinajstić information content (AvgIpc) is 2.54. The number of unbranched alkanes of at least 4 members (excludes halogenated alkanes) is 9. The van der Waals surface area contributed by atoms with Crippen LogP contribution in [0.4, 0.5) is 0 Å². The normalized spacial score (nSPS) is 22.1. The third-order valence-electron chi connectivity index (χ3n) is 4.90. The van der Waals surface area contributed by atoms with E-state index in [0.29, 0.717) is 12.2 Å². The highest BCUT2D eigenvalue weighted by molar-refractivity contribution is 7.99. The number of hydrogen-bond acceptors (Lipinski definition) is 3. The van der Waals surface area contributed by atoms with Gasteiger partial charge in [0.2, 0.25) is 0 Å². The van der Waals surface area contributed by atoms with E-state index in [9.17, 15) is 0 Å². The zero-order valence-corrected chi connectivity index (χ0v) is 17.5. The van der Waals surface area contributed by atoms with Crippen molar-refractivity contribution in [3.63, 3.8) is 0 Å². The van der Waals surface area contributed by atoms with E-state index in [1.54, 1.807) is 0 Å². The molecule has 0 aromatic heterocycles. The Labute approximate surface area is 156 Å². The molecule has 0 aromatic carbocycles. The molecule has 1 heterocycles. The smallest absolute Gasteiger partial charge is 0.0678 e. The van der Waals surface area contributed by atoms with Crippen molar-refractivity contribution in [1.82, 2.24) is 4.90 Å². The Morgan fingerprint density at radius 1 is 0.750 bits per heavy atom. The van der Waals surface area contributed by atoms with Gasteiger partial charge in [0.1, 0.15) is 0 Å². The van der Waals surface area contributed by atoms with E-state index in [4.69, 9.17) is 4.74 Å². The molecule has 1 aliphatic heterocycles. The first-order valence-corrected chi connectivity index (χ1v) is 11.8. The Hall–Kier alpha value is 0.270. The summed E-state index contributed by atoms with van der Waals surface area (Å²) in [5.41, 5.74) is 0. The summed E-state index contributed by atoms with van der Waals surface area (Å²) < 4.78 is 5.79. The molecule has 0 saturated carbocycles. The molecule has 2 unspecified atom stereocenters. The fourth-order valence-electron chi connectivity index (χ4n) is 3.65. The third-order valence-corrected chi connectivity index (χ3v) is 6.06. The van der Waals surface area contributed by atoms with Gasteiger partial charge in [-0.3, -0.25) is 4.90 Å². The molecule has 1 rings (SSSR count). The van der Waals surface area contributed by atoms with Crippen LogP contribution in [-0.2, 0) is 4.74 Å². The highest BCUT2D eigenvalue weighted by Gasteiger charge is 2.21. The van der Waals surface area contributed by atoms with E-state index in [0.717, 1.165) is 13.1 Å². The predicted octanol–water partition coefficient (Wildman–Crippen LogP) is 6.14. The molecular weight excluding hydrogens is 314 g/mol. The Morgan fingerprint density at radius 2 is 1.25 bits per heavy atom. The molecule has 0 bridgehead atoms. The minimum Gasteiger partial charge on any atom is -0.373 e. The lowest BCUT2D eigenvalue weighted by Crippen LogP contribution is -2.45. The molecule has 24 heavy (non-hydrogen) atoms. The van der Waals surface area contributed by atoms with Gasteiger partial charge in [0.25, 0.3) is 0 Å². The Morgan fingerprint density at radius 3 is 1.83 bits per heavy atom. The molecule has 0 N–H and O–H groups in total. The lowest BCUT2D eigenvalue weighted by atomic mass is 10.1. The molecule has 3 heteroatoms. The largest absolute Gasteiger partial charge is 0.373 e. The SMILES string of the molecule is CCCCCCCCCCCCSCCCN1CC(C)OC(C)C1. The average molecular weight is 358 g/mol. The van der Waals surface area contributed by atoms with E-state index < -0.39 is 0 Å². The molecule has 1 saturated heterocycles. The van der Waals surface area contributed by atoms with Crippen molar-refractivity contribution in [2.24, 2.45) is 0 Å². The first-order valence-electron chi connectivity index (χ1n) is 10.7. The summed E-state index contributed by atoms with van der Waals surface area (Å²) in [6.45, 7) is 10.2. The van der Waals surface area contributed by atoms with Crippen molar-refractivity contribution in [3.05, 3.63) is 0 Å². The molecule has 0 aliphatic carbocycles. The van der Waals surface area contributed by atoms with Crippen LogP contribution < -0.4 is 0 Å². The van der Waals surface area contributed by atoms with Crippen LogP contribution in [-0.4, -0.2) is 48.2 Å². The maximum atomic E-state index is 5.79. The Balaban J connectivity index is 1.76. The van der Waals surface area contributed by atoms with Crippen LogP contribution in [0.5, 0.6) is 0 Å². The van der Waals surface area contributed by atoms with E-state index in [1.165, 1.54) is 88.7 Å². The standard InChI is InChI=1S/C21H43NOS/c1-4-5-6-7-8-9-10-11-12-13-16-24-17-14-15-22-18-20(2)23-21(3)19-22/h20-21H,4-19H2,1-3H3. The second-order valence-corrected chi connectivity index (χ2v) is 8.89. The second kappa shape index (κ2) is 15.5. The maximum Gasteiger partial charge on any atom is 0.0678 e. The predicted molar refractivity (Wildman–Crippen MR) is 110 cm³/mol. The van der Waals surface area contributed by atoms with E-state index in [1.807, 2.05) is 0 Å². The van der Waals surface area contributed by atoms with Gasteiger partial charge in [-0.25, -0.2) is 0 Å². The summed E-state index contributed by atoms with van der Waals surface area (Å²) in [5.74, 6) is 2.70. The van der Waals surface area contributed by atoms with Crippen molar-refractivity contribution >= 4 is 11.8 Å². The first-order chi connectivity index (χ1) is 11.7. The number of hydrogen-bond donors (Lipinski definition) is 0. The molecule has 144 valence electrons. The topological polar surface area (TPSA) is 12.5 Å². The summed E-state index contributed by atoms with van der Waals surface area (Å²) >= 11 is 2.16. The van der Waals surface area contributed by atoms with Gasteiger partial charge in [-0.1, -0.05) is 64.7 Å². The van der Waals surface area contributed by atoms with Gasteiger partial charge in [-0.15, -0.1) is 0 Å². The third kappa shape index (κ3) is 12.6. The van der Waals surface area contributed by atoms with Crippen LogP contribution in [0.2, 0.25) is 0 Å². The minimum atomic E-state index is 0.410. The van der Waals surface area contributed by atoms with Crippen LogP contribution in [0.25, 0.3) is 0 Å². The highest BCUT2D eigenvalue weighted by Crippen LogP contribution is 2.14. The molecule has 1 aliphatic rings. The zero-order chi connectivity index (χ0) is 17.5. The lowest BCUT2D eigenvalue weighted by molar-refractivity contribution is -0.0677. The van der Waals surface area contributed by atoms with Gasteiger partial charge in [-0.2, -0.15) is 11.8 Å². The van der Waals surface area contributed by atoms with Gasteiger partial charge >= 0.3 is 0 Å². The lowest BCUT2D eigenvalue weighted by Gasteiger charge is -2.35. The Bertz CT molecular complexity index is 265. The van der Waals surface area contributed by atoms with Crippen LogP contribution in [0.1, 0.15) is 91.4 Å². The maximum absolute atomic E-state index is 5.79. The highest BCUT2D eigenvalue weighted by atomic mass is 32.2. The van der Waals surface area contributed by atoms with Crippen molar-refractivity contribution < 1.29 is 4.74 Å². The first kappa shape index (κ1) is 22.3. The molecule has 0 spiro atoms. The van der Waals surface area contributed by atoms with Gasteiger partial charge in [-0.05, 0) is 44.7 Å². The molecule has 0 aromatic rings. The van der Waals surface area contributed by atoms with Crippen molar-refractivity contribution in [2.75, 3.05) is 31.1 Å². The summed E-state index contributed by atoms with van der Waals surface area (Å²) in [4.78, 5) is 2.58. The van der Waals surface area contributed by atoms with Gasteiger partial charge < -0.3 is 4.74 Å². The summed E-state index contributed by atoms with van der Waals surface area (Å²) in [5, 5.41) is 0. The Kier molecular flexibility index (Phi) is 14.4. The molecule has 1 fully saturated rings. The zero-order valence-electron chi connectivity index (χ0n) is 16.7. The van der Waals surface area contributed by atoms with Crippen LogP contribution in [0.3, 0.4) is 0 Å². The van der Waals surface area contributed by atoms with E-state index in [2.05, 4.69) is 37.4 Å². The van der Waals surface area contributed by atoms with E-state index in [-0.39, 0.29) is 0 Å². The summed E-state index contributed by atoms with van der Waals surface area (Å²) in [6.07, 6.45) is 16.6. The molecule has 2 atom stereocenters. The van der Waals surface area contributed by atoms with Crippen LogP contribution >= 0.6 is 11.8 Å². The monoisotopic (exact) mass is 357 g/mol. The van der Waals surface area contributed by atoms with Gasteiger partial charge in [0.15, 0.2) is 0 Å². The second-order valence-electron chi connectivity index (χ2n) is 7.66. The van der Waals surface area contributed by atoms with E-state index >= 15 is 0 Å². The molecular formula is C21H43NOS. The van der Waals surface area contributed by atoms with Crippen LogP contribution in [0.15, 0.2) is 0 Å². The van der Waals surface area contributed by atoms with Gasteiger partial charge in [0, 0.05) is 13.1 Å². The summed E-state index contributed by atoms with van der Waals surface area (Å²) in [6, 6.07) is 0. The van der Waals surface area contributed by atoms with Gasteiger partial charge in [0.05, 0.1) is 12.2 Å². The molecule has 0 radical (unpaired) electrons. The number of morpholine rings is 1. The summed E-state index contributed by atoms with van der Waals surface area (Å²) in [7, 11) is 0. The minimum absolute atomic E-state index is 0.410. The van der Waals surface area contributed by atoms with Crippen LogP contribution in [0, 0.1) is 0 Å².